The maximum atomic E-state index is 12.9. The molecule has 2 N–H and O–H groups in total. The quantitative estimate of drug-likeness (QED) is 0.925. The molecule has 2 rings (SSSR count). The van der Waals surface area contributed by atoms with Crippen LogP contribution in [0.25, 0.3) is 0 Å². The van der Waals surface area contributed by atoms with Crippen LogP contribution < -0.4 is 10.5 Å². The lowest BCUT2D eigenvalue weighted by molar-refractivity contribution is 0.454. The second-order valence-electron chi connectivity index (χ2n) is 3.39. The maximum Gasteiger partial charge on any atom is 0.227 e. The second-order valence-corrected chi connectivity index (χ2v) is 4.25. The van der Waals surface area contributed by atoms with Crippen molar-refractivity contribution >= 4 is 21.9 Å². The van der Waals surface area contributed by atoms with Gasteiger partial charge in [-0.1, -0.05) is 0 Å². The molecule has 0 saturated carbocycles. The van der Waals surface area contributed by atoms with E-state index in [9.17, 15) is 4.39 Å². The van der Waals surface area contributed by atoms with E-state index in [2.05, 4.69) is 25.9 Å². The molecule has 1 aromatic heterocycles. The number of anilines is 1. The summed E-state index contributed by atoms with van der Waals surface area (Å²) in [5.41, 5.74) is 6.22. The molecule has 0 bridgehead atoms. The van der Waals surface area contributed by atoms with Gasteiger partial charge in [-0.3, -0.25) is 0 Å². The highest BCUT2D eigenvalue weighted by atomic mass is 79.9. The van der Waals surface area contributed by atoms with E-state index in [4.69, 9.17) is 10.5 Å². The Balaban J connectivity index is 2.34. The zero-order valence-electron chi connectivity index (χ0n) is 8.95. The highest BCUT2D eigenvalue weighted by Gasteiger charge is 2.08. The molecular weight excluding hydrogens is 289 g/mol. The van der Waals surface area contributed by atoms with Gasteiger partial charge in [0.15, 0.2) is 0 Å². The minimum Gasteiger partial charge on any atom is -0.437 e. The number of benzene rings is 1. The van der Waals surface area contributed by atoms with Gasteiger partial charge in [0, 0.05) is 11.8 Å². The second kappa shape index (κ2) is 4.67. The Labute approximate surface area is 106 Å². The van der Waals surface area contributed by atoms with Gasteiger partial charge in [-0.15, -0.1) is 0 Å². The van der Waals surface area contributed by atoms with Gasteiger partial charge < -0.3 is 10.5 Å². The predicted octanol–water partition coefficient (Wildman–Crippen LogP) is 3.06. The Morgan fingerprint density at radius 2 is 2.18 bits per heavy atom. The third-order valence-electron chi connectivity index (χ3n) is 2.04. The molecular formula is C11H9BrFN3O. The maximum absolute atomic E-state index is 12.9. The summed E-state index contributed by atoms with van der Waals surface area (Å²) in [7, 11) is 0. The summed E-state index contributed by atoms with van der Waals surface area (Å²) >= 11 is 3.21. The number of ether oxygens (including phenoxy) is 1. The van der Waals surface area contributed by atoms with E-state index in [0.29, 0.717) is 16.1 Å². The summed E-state index contributed by atoms with van der Waals surface area (Å²) in [6.07, 6.45) is 1.56. The van der Waals surface area contributed by atoms with Crippen molar-refractivity contribution in [3.8, 4) is 11.6 Å². The molecule has 0 fully saturated rings. The molecule has 17 heavy (non-hydrogen) atoms. The molecule has 0 saturated heterocycles. The van der Waals surface area contributed by atoms with Crippen LogP contribution in [-0.4, -0.2) is 9.97 Å². The molecule has 0 amide bonds. The van der Waals surface area contributed by atoms with Gasteiger partial charge in [-0.05, 0) is 41.1 Å². The first-order valence-corrected chi connectivity index (χ1v) is 5.57. The van der Waals surface area contributed by atoms with Crippen LogP contribution in [0.2, 0.25) is 0 Å². The zero-order chi connectivity index (χ0) is 12.4. The molecule has 0 spiro atoms. The van der Waals surface area contributed by atoms with Gasteiger partial charge in [0.1, 0.15) is 11.6 Å². The fourth-order valence-corrected chi connectivity index (χ4v) is 1.64. The number of hydrogen-bond acceptors (Lipinski definition) is 4. The number of nitrogen functional groups attached to an aromatic ring is 1. The summed E-state index contributed by atoms with van der Waals surface area (Å²) in [5, 5.41) is 0. The molecule has 0 atom stereocenters. The highest BCUT2D eigenvalue weighted by Crippen LogP contribution is 2.30. The molecule has 0 aliphatic carbocycles. The van der Waals surface area contributed by atoms with Crippen LogP contribution in [0.4, 0.5) is 10.3 Å². The molecule has 1 heterocycles. The van der Waals surface area contributed by atoms with Crippen molar-refractivity contribution in [3.05, 3.63) is 40.2 Å². The molecule has 4 nitrogen and oxygen atoms in total. The van der Waals surface area contributed by atoms with Gasteiger partial charge in [0.25, 0.3) is 0 Å². The third kappa shape index (κ3) is 2.71. The van der Waals surface area contributed by atoms with Crippen molar-refractivity contribution in [3.63, 3.8) is 0 Å². The molecule has 1 aromatic carbocycles. The number of nitrogens with zero attached hydrogens (tertiary/aromatic N) is 2. The van der Waals surface area contributed by atoms with Crippen LogP contribution in [0, 0.1) is 12.7 Å². The molecule has 2 aromatic rings. The van der Waals surface area contributed by atoms with E-state index in [1.54, 1.807) is 13.1 Å². The van der Waals surface area contributed by atoms with Gasteiger partial charge in [-0.25, -0.2) is 9.37 Å². The van der Waals surface area contributed by atoms with Crippen LogP contribution in [0.3, 0.4) is 0 Å². The number of halogens is 2. The average Bonchev–Trinajstić information content (AvgIpc) is 2.27. The molecule has 0 unspecified atom stereocenters. The SMILES string of the molecule is Cc1cnc(N)nc1Oc1ccc(F)cc1Br. The van der Waals surface area contributed by atoms with Crippen molar-refractivity contribution in [2.75, 3.05) is 5.73 Å². The summed E-state index contributed by atoms with van der Waals surface area (Å²) in [4.78, 5) is 7.79. The fourth-order valence-electron chi connectivity index (χ4n) is 1.20. The molecule has 0 aliphatic heterocycles. The lowest BCUT2D eigenvalue weighted by Gasteiger charge is -2.09. The first-order valence-electron chi connectivity index (χ1n) is 4.78. The first kappa shape index (κ1) is 11.8. The molecule has 6 heteroatoms. The van der Waals surface area contributed by atoms with E-state index in [-0.39, 0.29) is 11.8 Å². The lowest BCUT2D eigenvalue weighted by atomic mass is 10.3. The van der Waals surface area contributed by atoms with E-state index in [1.807, 2.05) is 0 Å². The smallest absolute Gasteiger partial charge is 0.227 e. The predicted molar refractivity (Wildman–Crippen MR) is 65.4 cm³/mol. The minimum atomic E-state index is -0.344. The Hall–Kier alpha value is -1.69. The topological polar surface area (TPSA) is 61.0 Å². The zero-order valence-corrected chi connectivity index (χ0v) is 10.5. The van der Waals surface area contributed by atoms with E-state index in [1.165, 1.54) is 18.2 Å². The van der Waals surface area contributed by atoms with Crippen molar-refractivity contribution in [1.82, 2.24) is 9.97 Å². The van der Waals surface area contributed by atoms with Crippen molar-refractivity contribution in [2.24, 2.45) is 0 Å². The molecule has 0 radical (unpaired) electrons. The Kier molecular flexibility index (Phi) is 3.23. The Morgan fingerprint density at radius 3 is 2.88 bits per heavy atom. The van der Waals surface area contributed by atoms with Crippen molar-refractivity contribution in [2.45, 2.75) is 6.92 Å². The number of aromatic nitrogens is 2. The van der Waals surface area contributed by atoms with E-state index >= 15 is 0 Å². The monoisotopic (exact) mass is 297 g/mol. The summed E-state index contributed by atoms with van der Waals surface area (Å²) in [6.45, 7) is 1.80. The van der Waals surface area contributed by atoms with Crippen LogP contribution in [0.1, 0.15) is 5.56 Å². The van der Waals surface area contributed by atoms with Crippen LogP contribution in [0.5, 0.6) is 11.6 Å². The van der Waals surface area contributed by atoms with Gasteiger partial charge >= 0.3 is 0 Å². The number of hydrogen-bond donors (Lipinski definition) is 1. The summed E-state index contributed by atoms with van der Waals surface area (Å²) in [5.74, 6) is 0.601. The fraction of sp³-hybridized carbons (Fsp3) is 0.0909. The lowest BCUT2D eigenvalue weighted by Crippen LogP contribution is -1.99. The van der Waals surface area contributed by atoms with Gasteiger partial charge in [0.2, 0.25) is 11.8 Å². The van der Waals surface area contributed by atoms with E-state index in [0.717, 1.165) is 5.56 Å². The Bertz CT molecular complexity index is 562. The van der Waals surface area contributed by atoms with Gasteiger partial charge in [-0.2, -0.15) is 4.98 Å². The number of nitrogens with two attached hydrogens (primary N) is 1. The van der Waals surface area contributed by atoms with Crippen LogP contribution in [-0.2, 0) is 0 Å². The summed E-state index contributed by atoms with van der Waals surface area (Å²) in [6, 6.07) is 4.13. The normalized spacial score (nSPS) is 10.3. The standard InChI is InChI=1S/C11H9BrFN3O/c1-6-5-15-11(14)16-10(6)17-9-3-2-7(13)4-8(9)12/h2-5H,1H3,(H2,14,15,16). The highest BCUT2D eigenvalue weighted by molar-refractivity contribution is 9.10. The van der Waals surface area contributed by atoms with Gasteiger partial charge in [0.05, 0.1) is 4.47 Å². The molecule has 88 valence electrons. The van der Waals surface area contributed by atoms with E-state index < -0.39 is 0 Å². The number of rotatable bonds is 2. The summed E-state index contributed by atoms with van der Waals surface area (Å²) < 4.78 is 18.9. The molecule has 0 aliphatic rings. The van der Waals surface area contributed by atoms with Crippen LogP contribution >= 0.6 is 15.9 Å². The third-order valence-corrected chi connectivity index (χ3v) is 2.66. The Morgan fingerprint density at radius 1 is 1.41 bits per heavy atom. The minimum absolute atomic E-state index is 0.129. The first-order chi connectivity index (χ1) is 8.06. The largest absolute Gasteiger partial charge is 0.437 e. The van der Waals surface area contributed by atoms with Crippen molar-refractivity contribution in [1.29, 1.82) is 0 Å². The van der Waals surface area contributed by atoms with Crippen molar-refractivity contribution < 1.29 is 9.13 Å². The average molecular weight is 298 g/mol. The number of aryl methyl sites for hydroxylation is 1. The van der Waals surface area contributed by atoms with Crippen LogP contribution in [0.15, 0.2) is 28.9 Å².